The van der Waals surface area contributed by atoms with E-state index in [0.29, 0.717) is 11.5 Å². The highest BCUT2D eigenvalue weighted by Crippen LogP contribution is 2.09. The Kier molecular flexibility index (Phi) is 5.17. The number of ether oxygens (including phenoxy) is 2. The number of carbonyl (C=O) groups excluding carboxylic acids is 1. The molecule has 0 aliphatic rings. The molecule has 0 heterocycles. The fourth-order valence-corrected chi connectivity index (χ4v) is 1.41. The molecule has 0 aliphatic heterocycles. The highest BCUT2D eigenvalue weighted by molar-refractivity contribution is 5.98. The summed E-state index contributed by atoms with van der Waals surface area (Å²) in [5.41, 5.74) is 0. The Bertz CT molecular complexity index is 533. The van der Waals surface area contributed by atoms with Gasteiger partial charge in [0.2, 0.25) is 0 Å². The molecule has 3 heteroatoms. The molecule has 0 fully saturated rings. The highest BCUT2D eigenvalue weighted by atomic mass is 16.5. The van der Waals surface area contributed by atoms with Crippen LogP contribution in [0.25, 0.3) is 0 Å². The molecule has 0 bridgehead atoms. The summed E-state index contributed by atoms with van der Waals surface area (Å²) in [5, 5.41) is 0. The summed E-state index contributed by atoms with van der Waals surface area (Å²) in [4.78, 5) is 11.5. The van der Waals surface area contributed by atoms with E-state index in [1.54, 1.807) is 0 Å². The molecule has 0 atom stereocenters. The number of hydrogen-bond donors (Lipinski definition) is 0. The number of ketones is 1. The van der Waals surface area contributed by atoms with Gasteiger partial charge in [-0.1, -0.05) is 36.4 Å². The molecule has 0 unspecified atom stereocenters. The zero-order valence-electron chi connectivity index (χ0n) is 10.8. The minimum Gasteiger partial charge on any atom is -0.465 e. The summed E-state index contributed by atoms with van der Waals surface area (Å²) in [6.45, 7) is 0. The minimum atomic E-state index is -0.211. The second kappa shape index (κ2) is 7.59. The molecular weight excluding hydrogens is 252 g/mol. The van der Waals surface area contributed by atoms with Crippen molar-refractivity contribution in [3.8, 4) is 11.5 Å². The Hall–Kier alpha value is -2.81. The molecule has 3 nitrogen and oxygen atoms in total. The number of benzene rings is 2. The van der Waals surface area contributed by atoms with E-state index >= 15 is 0 Å². The molecule has 2 aromatic rings. The zero-order valence-corrected chi connectivity index (χ0v) is 10.8. The Morgan fingerprint density at radius 1 is 0.700 bits per heavy atom. The lowest BCUT2D eigenvalue weighted by Crippen LogP contribution is -1.90. The third kappa shape index (κ3) is 4.82. The van der Waals surface area contributed by atoms with Crippen molar-refractivity contribution < 1.29 is 14.3 Å². The first kappa shape index (κ1) is 13.6. The topological polar surface area (TPSA) is 35.5 Å². The van der Waals surface area contributed by atoms with Gasteiger partial charge in [0.1, 0.15) is 11.5 Å². The predicted octanol–water partition coefficient (Wildman–Crippen LogP) is 3.74. The molecular formula is C17H14O3. The Labute approximate surface area is 117 Å². The third-order valence-corrected chi connectivity index (χ3v) is 2.36. The minimum absolute atomic E-state index is 0.211. The van der Waals surface area contributed by atoms with Gasteiger partial charge in [0, 0.05) is 12.2 Å². The fraction of sp³-hybridized carbons (Fsp3) is 0. The maximum atomic E-state index is 11.5. The average molecular weight is 266 g/mol. The van der Waals surface area contributed by atoms with Gasteiger partial charge in [0.15, 0.2) is 5.78 Å². The van der Waals surface area contributed by atoms with Crippen LogP contribution in [0.1, 0.15) is 0 Å². The van der Waals surface area contributed by atoms with E-state index in [0.717, 1.165) is 0 Å². The van der Waals surface area contributed by atoms with Gasteiger partial charge in [0.05, 0.1) is 12.5 Å². The summed E-state index contributed by atoms with van der Waals surface area (Å²) >= 11 is 0. The van der Waals surface area contributed by atoms with Gasteiger partial charge in [-0.05, 0) is 24.3 Å². The van der Waals surface area contributed by atoms with E-state index in [1.807, 2.05) is 60.7 Å². The number of para-hydroxylation sites is 2. The number of rotatable bonds is 6. The standard InChI is InChI=1S/C17H14O3/c18-15(11-13-19-16-7-3-1-4-8-16)12-14-20-17-9-5-2-6-10-17/h1-14H. The predicted molar refractivity (Wildman–Crippen MR) is 77.4 cm³/mol. The molecule has 20 heavy (non-hydrogen) atoms. The SMILES string of the molecule is O=C(C=COc1ccccc1)C=COc1ccccc1. The molecule has 2 rings (SSSR count). The van der Waals surface area contributed by atoms with Crippen molar-refractivity contribution >= 4 is 5.78 Å². The second-order valence-electron chi connectivity index (χ2n) is 3.87. The van der Waals surface area contributed by atoms with Crippen molar-refractivity contribution in [3.63, 3.8) is 0 Å². The maximum Gasteiger partial charge on any atom is 0.184 e. The van der Waals surface area contributed by atoms with Gasteiger partial charge in [-0.25, -0.2) is 0 Å². The van der Waals surface area contributed by atoms with Crippen LogP contribution in [0.3, 0.4) is 0 Å². The first-order valence-electron chi connectivity index (χ1n) is 6.15. The van der Waals surface area contributed by atoms with Gasteiger partial charge in [0.25, 0.3) is 0 Å². The quantitative estimate of drug-likeness (QED) is 0.590. The summed E-state index contributed by atoms with van der Waals surface area (Å²) < 4.78 is 10.5. The van der Waals surface area contributed by atoms with E-state index in [2.05, 4.69) is 0 Å². The monoisotopic (exact) mass is 266 g/mol. The van der Waals surface area contributed by atoms with Crippen molar-refractivity contribution in [1.82, 2.24) is 0 Å². The molecule has 100 valence electrons. The number of carbonyl (C=O) groups is 1. The summed E-state index contributed by atoms with van der Waals surface area (Å²) in [6, 6.07) is 18.5. The van der Waals surface area contributed by atoms with Crippen LogP contribution in [0.5, 0.6) is 11.5 Å². The van der Waals surface area contributed by atoms with Crippen LogP contribution in [-0.4, -0.2) is 5.78 Å². The average Bonchev–Trinajstić information content (AvgIpc) is 2.49. The van der Waals surface area contributed by atoms with Crippen LogP contribution in [-0.2, 0) is 4.79 Å². The Balaban J connectivity index is 1.77. The zero-order chi connectivity index (χ0) is 14.0. The van der Waals surface area contributed by atoms with Crippen molar-refractivity contribution in [2.75, 3.05) is 0 Å². The fourth-order valence-electron chi connectivity index (χ4n) is 1.41. The van der Waals surface area contributed by atoms with Crippen molar-refractivity contribution in [3.05, 3.63) is 85.3 Å². The normalized spacial score (nSPS) is 10.8. The van der Waals surface area contributed by atoms with Gasteiger partial charge in [-0.3, -0.25) is 4.79 Å². The molecule has 0 saturated heterocycles. The summed E-state index contributed by atoms with van der Waals surface area (Å²) in [7, 11) is 0. The van der Waals surface area contributed by atoms with Crippen LogP contribution in [0, 0.1) is 0 Å². The molecule has 0 aliphatic carbocycles. The van der Waals surface area contributed by atoms with Crippen LogP contribution >= 0.6 is 0 Å². The van der Waals surface area contributed by atoms with Crippen LogP contribution in [0.2, 0.25) is 0 Å². The maximum absolute atomic E-state index is 11.5. The van der Waals surface area contributed by atoms with Crippen LogP contribution in [0.4, 0.5) is 0 Å². The van der Waals surface area contributed by atoms with E-state index in [-0.39, 0.29) is 5.78 Å². The third-order valence-electron chi connectivity index (χ3n) is 2.36. The molecule has 0 spiro atoms. The first-order chi connectivity index (χ1) is 9.84. The van der Waals surface area contributed by atoms with E-state index in [4.69, 9.17) is 9.47 Å². The largest absolute Gasteiger partial charge is 0.465 e. The van der Waals surface area contributed by atoms with Gasteiger partial charge in [-0.2, -0.15) is 0 Å². The van der Waals surface area contributed by atoms with E-state index in [9.17, 15) is 4.79 Å². The van der Waals surface area contributed by atoms with Crippen molar-refractivity contribution in [1.29, 1.82) is 0 Å². The lowest BCUT2D eigenvalue weighted by molar-refractivity contribution is -0.110. The molecule has 0 amide bonds. The molecule has 0 saturated carbocycles. The molecule has 0 N–H and O–H groups in total. The van der Waals surface area contributed by atoms with Gasteiger partial charge < -0.3 is 9.47 Å². The number of allylic oxidation sites excluding steroid dienone is 2. The van der Waals surface area contributed by atoms with Crippen molar-refractivity contribution in [2.24, 2.45) is 0 Å². The van der Waals surface area contributed by atoms with E-state index < -0.39 is 0 Å². The lowest BCUT2D eigenvalue weighted by Gasteiger charge is -1.98. The van der Waals surface area contributed by atoms with Crippen molar-refractivity contribution in [2.45, 2.75) is 0 Å². The number of hydrogen-bond acceptors (Lipinski definition) is 3. The lowest BCUT2D eigenvalue weighted by atomic mass is 10.3. The summed E-state index contributed by atoms with van der Waals surface area (Å²) in [6.07, 6.45) is 5.37. The first-order valence-corrected chi connectivity index (χ1v) is 6.15. The second-order valence-corrected chi connectivity index (χ2v) is 3.87. The van der Waals surface area contributed by atoms with Gasteiger partial charge in [-0.15, -0.1) is 0 Å². The molecule has 0 radical (unpaired) electrons. The Morgan fingerprint density at radius 3 is 1.50 bits per heavy atom. The van der Waals surface area contributed by atoms with Crippen LogP contribution < -0.4 is 9.47 Å². The highest BCUT2D eigenvalue weighted by Gasteiger charge is 1.91. The van der Waals surface area contributed by atoms with E-state index in [1.165, 1.54) is 24.7 Å². The smallest absolute Gasteiger partial charge is 0.184 e. The van der Waals surface area contributed by atoms with Gasteiger partial charge >= 0.3 is 0 Å². The Morgan fingerprint density at radius 2 is 1.10 bits per heavy atom. The molecule has 2 aromatic carbocycles. The van der Waals surface area contributed by atoms with Crippen LogP contribution in [0.15, 0.2) is 85.3 Å². The molecule has 0 aromatic heterocycles. The summed E-state index contributed by atoms with van der Waals surface area (Å²) in [5.74, 6) is 1.15.